The number of nitrogens with zero attached hydrogens (tertiary/aromatic N) is 1. The summed E-state index contributed by atoms with van der Waals surface area (Å²) in [5, 5.41) is 0. The van der Waals surface area contributed by atoms with Crippen LogP contribution in [0, 0.1) is 0 Å². The molecular weight excluding hydrogens is 110 g/mol. The van der Waals surface area contributed by atoms with Crippen LogP contribution in [0.3, 0.4) is 0 Å². The lowest BCUT2D eigenvalue weighted by molar-refractivity contribution is 0.456. The fourth-order valence-corrected chi connectivity index (χ4v) is 0.570. The summed E-state index contributed by atoms with van der Waals surface area (Å²) in [6, 6.07) is 0. The molecule has 0 heterocycles. The van der Waals surface area contributed by atoms with Crippen LogP contribution in [0.15, 0.2) is 12.2 Å². The SMILES string of the molecule is CCC/C=C/CN(C)C. The van der Waals surface area contributed by atoms with Crippen molar-refractivity contribution in [2.24, 2.45) is 0 Å². The van der Waals surface area contributed by atoms with Crippen molar-refractivity contribution in [1.29, 1.82) is 0 Å². The molecule has 1 nitrogen and oxygen atoms in total. The summed E-state index contributed by atoms with van der Waals surface area (Å²) in [7, 11) is 4.16. The van der Waals surface area contributed by atoms with Crippen molar-refractivity contribution >= 4 is 0 Å². The maximum atomic E-state index is 2.24. The van der Waals surface area contributed by atoms with Crippen LogP contribution < -0.4 is 0 Å². The van der Waals surface area contributed by atoms with Gasteiger partial charge in [-0.25, -0.2) is 0 Å². The van der Waals surface area contributed by atoms with Gasteiger partial charge in [0.1, 0.15) is 0 Å². The van der Waals surface area contributed by atoms with Crippen LogP contribution in [0.5, 0.6) is 0 Å². The summed E-state index contributed by atoms with van der Waals surface area (Å²) in [5.74, 6) is 0. The lowest BCUT2D eigenvalue weighted by Crippen LogP contribution is -2.10. The molecule has 0 rings (SSSR count). The van der Waals surface area contributed by atoms with Gasteiger partial charge < -0.3 is 4.90 Å². The zero-order chi connectivity index (χ0) is 7.11. The van der Waals surface area contributed by atoms with Crippen LogP contribution in [0.1, 0.15) is 19.8 Å². The van der Waals surface area contributed by atoms with Gasteiger partial charge in [0.2, 0.25) is 0 Å². The molecule has 0 aromatic heterocycles. The Hall–Kier alpha value is -0.300. The van der Waals surface area contributed by atoms with Gasteiger partial charge in [0.15, 0.2) is 0 Å². The van der Waals surface area contributed by atoms with E-state index in [0.717, 1.165) is 6.54 Å². The van der Waals surface area contributed by atoms with Gasteiger partial charge in [-0.15, -0.1) is 0 Å². The normalized spacial score (nSPS) is 11.6. The lowest BCUT2D eigenvalue weighted by atomic mass is 10.3. The van der Waals surface area contributed by atoms with Crippen LogP contribution in [-0.2, 0) is 0 Å². The lowest BCUT2D eigenvalue weighted by Gasteiger charge is -2.02. The van der Waals surface area contributed by atoms with Gasteiger partial charge in [0.05, 0.1) is 0 Å². The minimum atomic E-state index is 1.07. The molecule has 0 saturated heterocycles. The second kappa shape index (κ2) is 5.83. The van der Waals surface area contributed by atoms with Crippen LogP contribution >= 0.6 is 0 Å². The molecule has 0 bridgehead atoms. The molecule has 0 aromatic carbocycles. The molecule has 0 aliphatic heterocycles. The average Bonchev–Trinajstić information content (AvgIpc) is 1.80. The first kappa shape index (κ1) is 8.70. The van der Waals surface area contributed by atoms with Gasteiger partial charge in [-0.3, -0.25) is 0 Å². The van der Waals surface area contributed by atoms with E-state index in [1.165, 1.54) is 12.8 Å². The van der Waals surface area contributed by atoms with Gasteiger partial charge in [-0.05, 0) is 20.5 Å². The molecule has 0 spiro atoms. The van der Waals surface area contributed by atoms with Crippen molar-refractivity contribution in [2.45, 2.75) is 19.8 Å². The summed E-state index contributed by atoms with van der Waals surface area (Å²) >= 11 is 0. The number of likely N-dealkylation sites (N-methyl/N-ethyl adjacent to an activating group) is 1. The van der Waals surface area contributed by atoms with Gasteiger partial charge in [-0.2, -0.15) is 0 Å². The predicted molar refractivity (Wildman–Crippen MR) is 42.6 cm³/mol. The van der Waals surface area contributed by atoms with E-state index in [9.17, 15) is 0 Å². The van der Waals surface area contributed by atoms with E-state index in [1.807, 2.05) is 0 Å². The molecule has 0 atom stereocenters. The molecule has 1 heteroatoms. The quantitative estimate of drug-likeness (QED) is 0.521. The summed E-state index contributed by atoms with van der Waals surface area (Å²) in [4.78, 5) is 2.16. The molecule has 0 N–H and O–H groups in total. The van der Waals surface area contributed by atoms with Crippen molar-refractivity contribution in [3.8, 4) is 0 Å². The molecule has 0 fully saturated rings. The topological polar surface area (TPSA) is 3.24 Å². The van der Waals surface area contributed by atoms with Gasteiger partial charge in [0.25, 0.3) is 0 Å². The fourth-order valence-electron chi connectivity index (χ4n) is 0.570. The highest BCUT2D eigenvalue weighted by Gasteiger charge is 1.79. The number of unbranched alkanes of at least 4 members (excludes halogenated alkanes) is 1. The van der Waals surface area contributed by atoms with E-state index in [4.69, 9.17) is 0 Å². The highest BCUT2D eigenvalue weighted by atomic mass is 15.0. The Balaban J connectivity index is 3.04. The van der Waals surface area contributed by atoms with Crippen LogP contribution in [-0.4, -0.2) is 25.5 Å². The Labute approximate surface area is 58.4 Å². The third-order valence-corrected chi connectivity index (χ3v) is 1.09. The minimum Gasteiger partial charge on any atom is -0.306 e. The Morgan fingerprint density at radius 3 is 2.33 bits per heavy atom. The van der Waals surface area contributed by atoms with Crippen LogP contribution in [0.25, 0.3) is 0 Å². The average molecular weight is 127 g/mol. The molecule has 0 amide bonds. The molecular formula is C8H17N. The van der Waals surface area contributed by atoms with Gasteiger partial charge >= 0.3 is 0 Å². The van der Waals surface area contributed by atoms with E-state index in [2.05, 4.69) is 38.1 Å². The van der Waals surface area contributed by atoms with E-state index in [1.54, 1.807) is 0 Å². The zero-order valence-electron chi connectivity index (χ0n) is 6.72. The molecule has 0 radical (unpaired) electrons. The van der Waals surface area contributed by atoms with E-state index in [0.29, 0.717) is 0 Å². The number of hydrogen-bond donors (Lipinski definition) is 0. The highest BCUT2D eigenvalue weighted by molar-refractivity contribution is 4.82. The Morgan fingerprint density at radius 2 is 1.89 bits per heavy atom. The molecule has 0 aliphatic carbocycles. The molecule has 0 unspecified atom stereocenters. The van der Waals surface area contributed by atoms with Gasteiger partial charge in [-0.1, -0.05) is 25.5 Å². The summed E-state index contributed by atoms with van der Waals surface area (Å²) in [5.41, 5.74) is 0. The third kappa shape index (κ3) is 7.70. The number of hydrogen-bond acceptors (Lipinski definition) is 1. The second-order valence-corrected chi connectivity index (χ2v) is 2.52. The third-order valence-electron chi connectivity index (χ3n) is 1.09. The predicted octanol–water partition coefficient (Wildman–Crippen LogP) is 1.90. The van der Waals surface area contributed by atoms with Crippen LogP contribution in [0.4, 0.5) is 0 Å². The maximum absolute atomic E-state index is 2.24. The van der Waals surface area contributed by atoms with Gasteiger partial charge in [0, 0.05) is 6.54 Å². The van der Waals surface area contributed by atoms with Crippen molar-refractivity contribution in [1.82, 2.24) is 4.90 Å². The van der Waals surface area contributed by atoms with E-state index >= 15 is 0 Å². The number of allylic oxidation sites excluding steroid dienone is 1. The Morgan fingerprint density at radius 1 is 1.22 bits per heavy atom. The Bertz CT molecular complexity index is 74.6. The van der Waals surface area contributed by atoms with Crippen molar-refractivity contribution < 1.29 is 0 Å². The molecule has 0 aliphatic rings. The highest BCUT2D eigenvalue weighted by Crippen LogP contribution is 1.87. The van der Waals surface area contributed by atoms with E-state index < -0.39 is 0 Å². The summed E-state index contributed by atoms with van der Waals surface area (Å²) in [6.07, 6.45) is 6.92. The van der Waals surface area contributed by atoms with E-state index in [-0.39, 0.29) is 0 Å². The van der Waals surface area contributed by atoms with Crippen LogP contribution in [0.2, 0.25) is 0 Å². The maximum Gasteiger partial charge on any atom is 0.0157 e. The monoisotopic (exact) mass is 127 g/mol. The Kier molecular flexibility index (Phi) is 5.64. The zero-order valence-corrected chi connectivity index (χ0v) is 6.72. The van der Waals surface area contributed by atoms with Crippen molar-refractivity contribution in [3.63, 3.8) is 0 Å². The first-order valence-corrected chi connectivity index (χ1v) is 3.57. The smallest absolute Gasteiger partial charge is 0.0157 e. The largest absolute Gasteiger partial charge is 0.306 e. The van der Waals surface area contributed by atoms with Crippen molar-refractivity contribution in [3.05, 3.63) is 12.2 Å². The van der Waals surface area contributed by atoms with Crippen molar-refractivity contribution in [2.75, 3.05) is 20.6 Å². The second-order valence-electron chi connectivity index (χ2n) is 2.52. The molecule has 9 heavy (non-hydrogen) atoms. The molecule has 0 saturated carbocycles. The first-order valence-electron chi connectivity index (χ1n) is 3.57. The first-order chi connectivity index (χ1) is 4.27. The molecule has 0 aromatic rings. The molecule has 54 valence electrons. The minimum absolute atomic E-state index is 1.07. The summed E-state index contributed by atoms with van der Waals surface area (Å²) < 4.78 is 0. The number of rotatable bonds is 4. The fraction of sp³-hybridized carbons (Fsp3) is 0.750. The summed E-state index contributed by atoms with van der Waals surface area (Å²) in [6.45, 7) is 3.26. The standard InChI is InChI=1S/C8H17N/c1-4-5-6-7-8-9(2)3/h6-7H,4-5,8H2,1-3H3/b7-6+.